The molecule has 0 bridgehead atoms. The van der Waals surface area contributed by atoms with Crippen molar-refractivity contribution < 1.29 is 14.3 Å². The number of ether oxygens (including phenoxy) is 2. The van der Waals surface area contributed by atoms with Gasteiger partial charge in [0, 0.05) is 24.0 Å². The number of carbonyl (C=O) groups excluding carboxylic acids is 1. The second-order valence-electron chi connectivity index (χ2n) is 5.69. The smallest absolute Gasteiger partial charge is 0.271 e. The second-order valence-corrected chi connectivity index (χ2v) is 6.72. The predicted octanol–water partition coefficient (Wildman–Crippen LogP) is 3.14. The zero-order valence-corrected chi connectivity index (χ0v) is 15.8. The second kappa shape index (κ2) is 8.05. The third kappa shape index (κ3) is 3.88. The van der Waals surface area contributed by atoms with Crippen LogP contribution in [0.25, 0.3) is 11.3 Å². The summed E-state index contributed by atoms with van der Waals surface area (Å²) in [5.41, 5.74) is 1.97. The number of thiophene rings is 1. The van der Waals surface area contributed by atoms with E-state index in [-0.39, 0.29) is 5.91 Å². The Balaban J connectivity index is 1.77. The van der Waals surface area contributed by atoms with Crippen molar-refractivity contribution in [3.63, 3.8) is 0 Å². The van der Waals surface area contributed by atoms with E-state index in [1.807, 2.05) is 29.6 Å². The molecule has 1 aromatic carbocycles. The van der Waals surface area contributed by atoms with Gasteiger partial charge in [-0.25, -0.2) is 0 Å². The molecule has 0 unspecified atom stereocenters. The van der Waals surface area contributed by atoms with Crippen molar-refractivity contribution in [1.82, 2.24) is 15.1 Å². The fourth-order valence-corrected chi connectivity index (χ4v) is 3.40. The molecule has 1 N–H and O–H groups in total. The molecular formula is C19H21N3O3S. The molecule has 0 saturated carbocycles. The first-order chi connectivity index (χ1) is 12.6. The Kier molecular flexibility index (Phi) is 5.58. The van der Waals surface area contributed by atoms with Gasteiger partial charge in [0.15, 0.2) is 5.69 Å². The van der Waals surface area contributed by atoms with E-state index in [1.54, 1.807) is 43.4 Å². The molecular weight excluding hydrogens is 350 g/mol. The Morgan fingerprint density at radius 3 is 2.77 bits per heavy atom. The third-order valence-electron chi connectivity index (χ3n) is 4.03. The SMILES string of the molecule is COc1ccc(OC)c(-c2cc(C(=O)NCCc3cccs3)nn2C)c1. The Hall–Kier alpha value is -2.80. The number of aromatic nitrogens is 2. The lowest BCUT2D eigenvalue weighted by Gasteiger charge is -2.10. The van der Waals surface area contributed by atoms with Crippen LogP contribution in [0.1, 0.15) is 15.4 Å². The van der Waals surface area contributed by atoms with Crippen LogP contribution in [-0.4, -0.2) is 36.5 Å². The summed E-state index contributed by atoms with van der Waals surface area (Å²) < 4.78 is 12.4. The summed E-state index contributed by atoms with van der Waals surface area (Å²) >= 11 is 1.68. The van der Waals surface area contributed by atoms with Crippen molar-refractivity contribution in [2.24, 2.45) is 7.05 Å². The maximum Gasteiger partial charge on any atom is 0.271 e. The minimum absolute atomic E-state index is 0.190. The molecule has 1 amide bonds. The zero-order chi connectivity index (χ0) is 18.5. The van der Waals surface area contributed by atoms with E-state index in [4.69, 9.17) is 9.47 Å². The summed E-state index contributed by atoms with van der Waals surface area (Å²) in [4.78, 5) is 13.7. The monoisotopic (exact) mass is 371 g/mol. The Morgan fingerprint density at radius 2 is 2.08 bits per heavy atom. The molecule has 0 atom stereocenters. The van der Waals surface area contributed by atoms with Crippen LogP contribution in [0.5, 0.6) is 11.5 Å². The first-order valence-electron chi connectivity index (χ1n) is 8.19. The molecule has 0 spiro atoms. The highest BCUT2D eigenvalue weighted by molar-refractivity contribution is 7.09. The minimum Gasteiger partial charge on any atom is -0.497 e. The molecule has 0 fully saturated rings. The van der Waals surface area contributed by atoms with Crippen molar-refractivity contribution in [2.45, 2.75) is 6.42 Å². The highest BCUT2D eigenvalue weighted by atomic mass is 32.1. The standard InChI is InChI=1S/C19H21N3O3S/c1-22-17(15-11-13(24-2)6-7-18(15)25-3)12-16(21-22)19(23)20-9-8-14-5-4-10-26-14/h4-7,10-12H,8-9H2,1-3H3,(H,20,23). The molecule has 26 heavy (non-hydrogen) atoms. The highest BCUT2D eigenvalue weighted by Gasteiger charge is 2.17. The van der Waals surface area contributed by atoms with Crippen LogP contribution in [0.15, 0.2) is 41.8 Å². The fourth-order valence-electron chi connectivity index (χ4n) is 2.69. The van der Waals surface area contributed by atoms with E-state index in [0.29, 0.717) is 23.7 Å². The molecule has 0 aliphatic carbocycles. The van der Waals surface area contributed by atoms with E-state index >= 15 is 0 Å². The van der Waals surface area contributed by atoms with Gasteiger partial charge in [-0.3, -0.25) is 9.48 Å². The van der Waals surface area contributed by atoms with Crippen LogP contribution in [0.4, 0.5) is 0 Å². The van der Waals surface area contributed by atoms with Gasteiger partial charge in [0.2, 0.25) is 0 Å². The molecule has 3 aromatic rings. The lowest BCUT2D eigenvalue weighted by molar-refractivity contribution is 0.0948. The van der Waals surface area contributed by atoms with Gasteiger partial charge in [-0.2, -0.15) is 5.10 Å². The van der Waals surface area contributed by atoms with Gasteiger partial charge < -0.3 is 14.8 Å². The summed E-state index contributed by atoms with van der Waals surface area (Å²) in [7, 11) is 5.03. The summed E-state index contributed by atoms with van der Waals surface area (Å²) in [5.74, 6) is 1.22. The average molecular weight is 371 g/mol. The van der Waals surface area contributed by atoms with Crippen LogP contribution in [0, 0.1) is 0 Å². The molecule has 7 heteroatoms. The molecule has 2 aromatic heterocycles. The van der Waals surface area contributed by atoms with E-state index in [0.717, 1.165) is 17.7 Å². The molecule has 0 aliphatic rings. The predicted molar refractivity (Wildman–Crippen MR) is 102 cm³/mol. The topological polar surface area (TPSA) is 65.4 Å². The van der Waals surface area contributed by atoms with Gasteiger partial charge >= 0.3 is 0 Å². The van der Waals surface area contributed by atoms with E-state index in [9.17, 15) is 4.79 Å². The Labute approximate surface area is 156 Å². The fraction of sp³-hybridized carbons (Fsp3) is 0.263. The number of rotatable bonds is 7. The number of aryl methyl sites for hydroxylation is 1. The molecule has 0 aliphatic heterocycles. The number of nitrogens with one attached hydrogen (secondary N) is 1. The first-order valence-corrected chi connectivity index (χ1v) is 9.07. The third-order valence-corrected chi connectivity index (χ3v) is 4.97. The van der Waals surface area contributed by atoms with Crippen LogP contribution in [0.2, 0.25) is 0 Å². The van der Waals surface area contributed by atoms with Crippen LogP contribution in [-0.2, 0) is 13.5 Å². The molecule has 0 radical (unpaired) electrons. The van der Waals surface area contributed by atoms with Gasteiger partial charge in [0.1, 0.15) is 11.5 Å². The van der Waals surface area contributed by atoms with Crippen LogP contribution >= 0.6 is 11.3 Å². The van der Waals surface area contributed by atoms with Crippen molar-refractivity contribution in [3.8, 4) is 22.8 Å². The van der Waals surface area contributed by atoms with Crippen molar-refractivity contribution >= 4 is 17.2 Å². The number of methoxy groups -OCH3 is 2. The van der Waals surface area contributed by atoms with Crippen molar-refractivity contribution in [3.05, 3.63) is 52.3 Å². The van der Waals surface area contributed by atoms with E-state index in [1.165, 1.54) is 4.88 Å². The molecule has 0 saturated heterocycles. The molecule has 3 rings (SSSR count). The van der Waals surface area contributed by atoms with E-state index < -0.39 is 0 Å². The van der Waals surface area contributed by atoms with Crippen molar-refractivity contribution in [2.75, 3.05) is 20.8 Å². The maximum atomic E-state index is 12.4. The zero-order valence-electron chi connectivity index (χ0n) is 15.0. The number of nitrogens with zero attached hydrogens (tertiary/aromatic N) is 2. The van der Waals surface area contributed by atoms with Gasteiger partial charge in [0.05, 0.1) is 19.9 Å². The number of carbonyl (C=O) groups is 1. The number of hydrogen-bond donors (Lipinski definition) is 1. The van der Waals surface area contributed by atoms with Gasteiger partial charge in [-0.05, 0) is 42.1 Å². The molecule has 2 heterocycles. The lowest BCUT2D eigenvalue weighted by Crippen LogP contribution is -2.26. The minimum atomic E-state index is -0.190. The summed E-state index contributed by atoms with van der Waals surface area (Å²) in [5, 5.41) is 9.29. The summed E-state index contributed by atoms with van der Waals surface area (Å²) in [6.07, 6.45) is 0.812. The summed E-state index contributed by atoms with van der Waals surface area (Å²) in [6.45, 7) is 0.577. The number of benzene rings is 1. The normalized spacial score (nSPS) is 10.6. The Bertz CT molecular complexity index is 888. The van der Waals surface area contributed by atoms with E-state index in [2.05, 4.69) is 16.5 Å². The quantitative estimate of drug-likeness (QED) is 0.693. The number of hydrogen-bond acceptors (Lipinski definition) is 5. The number of amides is 1. The van der Waals surface area contributed by atoms with Gasteiger partial charge in [0.25, 0.3) is 5.91 Å². The van der Waals surface area contributed by atoms with Crippen molar-refractivity contribution in [1.29, 1.82) is 0 Å². The molecule has 6 nitrogen and oxygen atoms in total. The Morgan fingerprint density at radius 1 is 1.23 bits per heavy atom. The maximum absolute atomic E-state index is 12.4. The summed E-state index contributed by atoms with van der Waals surface area (Å²) in [6, 6.07) is 11.4. The largest absolute Gasteiger partial charge is 0.497 e. The first kappa shape index (κ1) is 18.0. The van der Waals surface area contributed by atoms with Crippen LogP contribution < -0.4 is 14.8 Å². The highest BCUT2D eigenvalue weighted by Crippen LogP contribution is 2.33. The molecule has 136 valence electrons. The van der Waals surface area contributed by atoms with Gasteiger partial charge in [-0.1, -0.05) is 6.07 Å². The van der Waals surface area contributed by atoms with Crippen LogP contribution in [0.3, 0.4) is 0 Å². The lowest BCUT2D eigenvalue weighted by atomic mass is 10.1. The van der Waals surface area contributed by atoms with Gasteiger partial charge in [-0.15, -0.1) is 11.3 Å². The average Bonchev–Trinajstić information content (AvgIpc) is 3.30.